The summed E-state index contributed by atoms with van der Waals surface area (Å²) in [5, 5.41) is 13.1. The van der Waals surface area contributed by atoms with Crippen LogP contribution in [0.1, 0.15) is 35.7 Å². The monoisotopic (exact) mass is 412 g/mol. The van der Waals surface area contributed by atoms with Gasteiger partial charge in [-0.1, -0.05) is 71.9 Å². The van der Waals surface area contributed by atoms with Crippen molar-refractivity contribution in [3.05, 3.63) is 76.6 Å². The predicted octanol–water partition coefficient (Wildman–Crippen LogP) is 4.27. The smallest absolute Gasteiger partial charge is 0.230 e. The lowest BCUT2D eigenvalue weighted by Crippen LogP contribution is -2.25. The van der Waals surface area contributed by atoms with Gasteiger partial charge in [-0.05, 0) is 30.0 Å². The van der Waals surface area contributed by atoms with Gasteiger partial charge in [0, 0.05) is 17.5 Å². The Kier molecular flexibility index (Phi) is 5.98. The fourth-order valence-corrected chi connectivity index (χ4v) is 3.96. The lowest BCUT2D eigenvalue weighted by Gasteiger charge is -2.10. The van der Waals surface area contributed by atoms with Gasteiger partial charge in [0.1, 0.15) is 5.82 Å². The van der Waals surface area contributed by atoms with Crippen molar-refractivity contribution in [2.24, 2.45) is 0 Å². The van der Waals surface area contributed by atoms with Gasteiger partial charge in [-0.15, -0.1) is 10.2 Å². The topological polar surface area (TPSA) is 59.8 Å². The van der Waals surface area contributed by atoms with Gasteiger partial charge in [-0.2, -0.15) is 0 Å². The van der Waals surface area contributed by atoms with Gasteiger partial charge >= 0.3 is 0 Å². The number of nitrogens with one attached hydrogen (secondary N) is 1. The second-order valence-electron chi connectivity index (χ2n) is 6.84. The van der Waals surface area contributed by atoms with E-state index in [1.165, 1.54) is 17.3 Å². The van der Waals surface area contributed by atoms with Crippen LogP contribution < -0.4 is 5.32 Å². The van der Waals surface area contributed by atoms with Crippen LogP contribution in [0.4, 0.5) is 0 Å². The molecule has 1 N–H and O–H groups in total. The number of hydrogen-bond donors (Lipinski definition) is 1. The number of hydrogen-bond acceptors (Lipinski definition) is 4. The average Bonchev–Trinajstić information content (AvgIpc) is 3.48. The van der Waals surface area contributed by atoms with Crippen molar-refractivity contribution in [1.29, 1.82) is 0 Å². The zero-order valence-electron chi connectivity index (χ0n) is 15.3. The summed E-state index contributed by atoms with van der Waals surface area (Å²) in [7, 11) is 0. The zero-order chi connectivity index (χ0) is 19.3. The first-order valence-electron chi connectivity index (χ1n) is 9.30. The number of aromatic nitrogens is 3. The first-order valence-corrected chi connectivity index (χ1v) is 10.7. The largest absolute Gasteiger partial charge is 0.351 e. The van der Waals surface area contributed by atoms with Crippen LogP contribution in [0.5, 0.6) is 0 Å². The third kappa shape index (κ3) is 4.75. The molecule has 3 aromatic rings. The molecule has 4 rings (SSSR count). The molecule has 2 aromatic carbocycles. The van der Waals surface area contributed by atoms with E-state index in [9.17, 15) is 4.79 Å². The van der Waals surface area contributed by atoms with Crippen LogP contribution in [0.15, 0.2) is 59.8 Å². The first-order chi connectivity index (χ1) is 13.7. The molecular weight excluding hydrogens is 392 g/mol. The van der Waals surface area contributed by atoms with Gasteiger partial charge in [0.25, 0.3) is 0 Å². The lowest BCUT2D eigenvalue weighted by molar-refractivity contribution is -0.118. The van der Waals surface area contributed by atoms with E-state index in [0.717, 1.165) is 35.9 Å². The minimum atomic E-state index is -0.0489. The summed E-state index contributed by atoms with van der Waals surface area (Å²) in [4.78, 5) is 12.3. The van der Waals surface area contributed by atoms with Crippen molar-refractivity contribution in [1.82, 2.24) is 20.1 Å². The SMILES string of the molecule is O=C(CSc1nnc(C2CC2)n1Cc1ccccc1)NCc1ccccc1Cl. The molecule has 0 spiro atoms. The highest BCUT2D eigenvalue weighted by molar-refractivity contribution is 7.99. The normalized spacial score (nSPS) is 13.5. The number of benzene rings is 2. The van der Waals surface area contributed by atoms with E-state index in [0.29, 0.717) is 23.2 Å². The van der Waals surface area contributed by atoms with Gasteiger partial charge in [-0.3, -0.25) is 4.79 Å². The zero-order valence-corrected chi connectivity index (χ0v) is 16.9. The number of amides is 1. The number of nitrogens with zero attached hydrogens (tertiary/aromatic N) is 3. The quantitative estimate of drug-likeness (QED) is 0.561. The van der Waals surface area contributed by atoms with Gasteiger partial charge < -0.3 is 9.88 Å². The van der Waals surface area contributed by atoms with Gasteiger partial charge in [-0.25, -0.2) is 0 Å². The number of carbonyl (C=O) groups is 1. The third-order valence-electron chi connectivity index (χ3n) is 4.64. The van der Waals surface area contributed by atoms with Crippen LogP contribution in [0.3, 0.4) is 0 Å². The fraction of sp³-hybridized carbons (Fsp3) is 0.286. The Bertz CT molecular complexity index is 956. The molecule has 1 aliphatic rings. The molecule has 0 atom stereocenters. The van der Waals surface area contributed by atoms with Crippen LogP contribution >= 0.6 is 23.4 Å². The van der Waals surface area contributed by atoms with E-state index in [-0.39, 0.29) is 5.91 Å². The van der Waals surface area contributed by atoms with Crippen LogP contribution in [-0.2, 0) is 17.9 Å². The van der Waals surface area contributed by atoms with Crippen molar-refractivity contribution in [2.45, 2.75) is 37.0 Å². The maximum atomic E-state index is 12.3. The highest BCUT2D eigenvalue weighted by Crippen LogP contribution is 2.40. The number of halogens is 1. The summed E-state index contributed by atoms with van der Waals surface area (Å²) in [6.45, 7) is 1.15. The third-order valence-corrected chi connectivity index (χ3v) is 5.97. The second-order valence-corrected chi connectivity index (χ2v) is 8.19. The van der Waals surface area contributed by atoms with Gasteiger partial charge in [0.15, 0.2) is 5.16 Å². The minimum Gasteiger partial charge on any atom is -0.351 e. The Morgan fingerprint density at radius 1 is 1.11 bits per heavy atom. The van der Waals surface area contributed by atoms with E-state index >= 15 is 0 Å². The molecule has 1 fully saturated rings. The molecule has 1 amide bonds. The predicted molar refractivity (Wildman–Crippen MR) is 112 cm³/mol. The molecule has 144 valence electrons. The summed E-state index contributed by atoms with van der Waals surface area (Å²) < 4.78 is 2.15. The maximum absolute atomic E-state index is 12.3. The van der Waals surface area contributed by atoms with Crippen molar-refractivity contribution < 1.29 is 4.79 Å². The molecule has 1 saturated carbocycles. The molecule has 7 heteroatoms. The van der Waals surface area contributed by atoms with Crippen molar-refractivity contribution in [2.75, 3.05) is 5.75 Å². The molecule has 0 bridgehead atoms. The first kappa shape index (κ1) is 19.0. The summed E-state index contributed by atoms with van der Waals surface area (Å²) >= 11 is 7.56. The molecule has 0 radical (unpaired) electrons. The number of carbonyl (C=O) groups excluding carboxylic acids is 1. The summed E-state index contributed by atoms with van der Waals surface area (Å²) in [5.74, 6) is 1.77. The fourth-order valence-electron chi connectivity index (χ4n) is 2.98. The molecule has 0 unspecified atom stereocenters. The van der Waals surface area contributed by atoms with Gasteiger partial charge in [0.05, 0.1) is 12.3 Å². The number of thioether (sulfide) groups is 1. The Morgan fingerprint density at radius 3 is 2.61 bits per heavy atom. The van der Waals surface area contributed by atoms with Crippen LogP contribution in [0.25, 0.3) is 0 Å². The Hall–Kier alpha value is -2.31. The van der Waals surface area contributed by atoms with E-state index in [4.69, 9.17) is 11.6 Å². The molecule has 1 aromatic heterocycles. The average molecular weight is 413 g/mol. The van der Waals surface area contributed by atoms with E-state index < -0.39 is 0 Å². The molecule has 1 heterocycles. The van der Waals surface area contributed by atoms with Crippen LogP contribution in [0.2, 0.25) is 5.02 Å². The molecule has 0 aliphatic heterocycles. The summed E-state index contributed by atoms with van der Waals surface area (Å²) in [6, 6.07) is 17.8. The standard InChI is InChI=1S/C21H21ClN4OS/c22-18-9-5-4-8-17(18)12-23-19(27)14-28-21-25-24-20(16-10-11-16)26(21)13-15-6-2-1-3-7-15/h1-9,16H,10-14H2,(H,23,27). The summed E-state index contributed by atoms with van der Waals surface area (Å²) in [5.41, 5.74) is 2.11. The highest BCUT2D eigenvalue weighted by Gasteiger charge is 2.30. The maximum Gasteiger partial charge on any atom is 0.230 e. The van der Waals surface area contributed by atoms with Crippen LogP contribution in [0, 0.1) is 0 Å². The molecule has 1 aliphatic carbocycles. The van der Waals surface area contributed by atoms with Gasteiger partial charge in [0.2, 0.25) is 5.91 Å². The minimum absolute atomic E-state index is 0.0489. The lowest BCUT2D eigenvalue weighted by atomic mass is 10.2. The van der Waals surface area contributed by atoms with Crippen molar-refractivity contribution in [3.8, 4) is 0 Å². The van der Waals surface area contributed by atoms with Crippen molar-refractivity contribution in [3.63, 3.8) is 0 Å². The molecular formula is C21H21ClN4OS. The number of rotatable bonds is 8. The summed E-state index contributed by atoms with van der Waals surface area (Å²) in [6.07, 6.45) is 2.33. The van der Waals surface area contributed by atoms with Crippen LogP contribution in [-0.4, -0.2) is 26.4 Å². The van der Waals surface area contributed by atoms with Crippen molar-refractivity contribution >= 4 is 29.3 Å². The second kappa shape index (κ2) is 8.80. The Balaban J connectivity index is 1.39. The van der Waals surface area contributed by atoms with E-state index in [1.807, 2.05) is 42.5 Å². The van der Waals surface area contributed by atoms with E-state index in [2.05, 4.69) is 32.2 Å². The molecule has 0 saturated heterocycles. The molecule has 28 heavy (non-hydrogen) atoms. The Labute approximate surface area is 173 Å². The van der Waals surface area contributed by atoms with E-state index in [1.54, 1.807) is 0 Å². The Morgan fingerprint density at radius 2 is 1.86 bits per heavy atom. The molecule has 5 nitrogen and oxygen atoms in total. The highest BCUT2D eigenvalue weighted by atomic mass is 35.5.